The molecule has 0 spiro atoms. The first-order chi connectivity index (χ1) is 16.9. The minimum Gasteiger partial charge on any atom is -0.507 e. The van der Waals surface area contributed by atoms with Gasteiger partial charge >= 0.3 is 0 Å². The summed E-state index contributed by atoms with van der Waals surface area (Å²) in [5.41, 5.74) is 2.27. The zero-order valence-corrected chi connectivity index (χ0v) is 20.5. The number of hydrogen-bond donors (Lipinski definition) is 1. The maximum absolute atomic E-state index is 13.2. The normalized spacial score (nSPS) is 20.3. The average molecular weight is 481 g/mol. The zero-order chi connectivity index (χ0) is 24.9. The van der Waals surface area contributed by atoms with Crippen LogP contribution in [-0.2, 0) is 14.3 Å². The molecule has 1 unspecified atom stereocenters. The summed E-state index contributed by atoms with van der Waals surface area (Å²) >= 11 is 0. The quantitative estimate of drug-likeness (QED) is 0.353. The first-order valence-electron chi connectivity index (χ1n) is 11.8. The molecule has 2 aromatic rings. The summed E-state index contributed by atoms with van der Waals surface area (Å²) in [4.78, 5) is 30.3. The van der Waals surface area contributed by atoms with Crippen molar-refractivity contribution in [1.29, 1.82) is 0 Å². The second-order valence-corrected chi connectivity index (χ2v) is 8.78. The fourth-order valence-electron chi connectivity index (χ4n) is 4.64. The predicted molar refractivity (Wildman–Crippen MR) is 132 cm³/mol. The lowest BCUT2D eigenvalue weighted by Crippen LogP contribution is -2.38. The van der Waals surface area contributed by atoms with Gasteiger partial charge in [-0.05, 0) is 31.0 Å². The Hall–Kier alpha value is -3.36. The van der Waals surface area contributed by atoms with Crippen molar-refractivity contribution in [3.05, 3.63) is 64.7 Å². The average Bonchev–Trinajstić information content (AvgIpc) is 3.14. The summed E-state index contributed by atoms with van der Waals surface area (Å²) < 4.78 is 16.2. The molecule has 4 rings (SSSR count). The van der Waals surface area contributed by atoms with E-state index in [-0.39, 0.29) is 11.3 Å². The van der Waals surface area contributed by atoms with Gasteiger partial charge in [-0.3, -0.25) is 14.5 Å². The summed E-state index contributed by atoms with van der Waals surface area (Å²) in [5, 5.41) is 11.2. The number of carbonyl (C=O) groups excluding carboxylic acids is 2. The smallest absolute Gasteiger partial charge is 0.295 e. The molecule has 2 fully saturated rings. The van der Waals surface area contributed by atoms with Crippen LogP contribution in [-0.4, -0.2) is 80.2 Å². The molecule has 0 bridgehead atoms. The topological polar surface area (TPSA) is 88.5 Å². The third-order valence-corrected chi connectivity index (χ3v) is 6.57. The summed E-state index contributed by atoms with van der Waals surface area (Å²) in [5.74, 6) is -0.452. The second kappa shape index (κ2) is 10.9. The summed E-state index contributed by atoms with van der Waals surface area (Å²) in [7, 11) is 3.08. The highest BCUT2D eigenvalue weighted by Crippen LogP contribution is 2.42. The number of nitrogens with zero attached hydrogens (tertiary/aromatic N) is 2. The van der Waals surface area contributed by atoms with Crippen LogP contribution in [0.5, 0.6) is 11.5 Å². The maximum atomic E-state index is 13.2. The van der Waals surface area contributed by atoms with Crippen molar-refractivity contribution < 1.29 is 28.9 Å². The van der Waals surface area contributed by atoms with Gasteiger partial charge in [0.2, 0.25) is 0 Å². The molecule has 2 aliphatic rings. The third kappa shape index (κ3) is 5.18. The molecule has 186 valence electrons. The molecule has 0 aliphatic carbocycles. The largest absolute Gasteiger partial charge is 0.507 e. The Morgan fingerprint density at radius 2 is 1.69 bits per heavy atom. The van der Waals surface area contributed by atoms with Crippen LogP contribution in [0.3, 0.4) is 0 Å². The molecule has 2 aromatic carbocycles. The molecule has 0 radical (unpaired) electrons. The van der Waals surface area contributed by atoms with E-state index in [1.807, 2.05) is 19.1 Å². The molecule has 35 heavy (non-hydrogen) atoms. The molecule has 2 heterocycles. The molecule has 1 atom stereocenters. The van der Waals surface area contributed by atoms with Crippen molar-refractivity contribution >= 4 is 17.4 Å². The van der Waals surface area contributed by atoms with Crippen LogP contribution >= 0.6 is 0 Å². The molecule has 8 nitrogen and oxygen atoms in total. The summed E-state index contributed by atoms with van der Waals surface area (Å²) in [6.45, 7) is 6.23. The van der Waals surface area contributed by atoms with Crippen LogP contribution in [0, 0.1) is 6.92 Å². The summed E-state index contributed by atoms with van der Waals surface area (Å²) in [6, 6.07) is 11.8. The van der Waals surface area contributed by atoms with Crippen molar-refractivity contribution in [1.82, 2.24) is 9.80 Å². The lowest BCUT2D eigenvalue weighted by molar-refractivity contribution is -0.140. The van der Waals surface area contributed by atoms with Gasteiger partial charge in [-0.15, -0.1) is 0 Å². The van der Waals surface area contributed by atoms with E-state index >= 15 is 0 Å². The van der Waals surface area contributed by atoms with Gasteiger partial charge in [0.1, 0.15) is 5.76 Å². The Morgan fingerprint density at radius 3 is 2.34 bits per heavy atom. The van der Waals surface area contributed by atoms with Crippen LogP contribution < -0.4 is 9.47 Å². The number of Topliss-reactive ketones (excluding diaryl/α,β-unsaturated/α-hetero) is 1. The van der Waals surface area contributed by atoms with E-state index in [4.69, 9.17) is 14.2 Å². The van der Waals surface area contributed by atoms with E-state index < -0.39 is 17.7 Å². The molecule has 2 aliphatic heterocycles. The van der Waals surface area contributed by atoms with Crippen LogP contribution in [0.25, 0.3) is 5.76 Å². The molecule has 1 amide bonds. The Balaban J connectivity index is 1.71. The highest BCUT2D eigenvalue weighted by molar-refractivity contribution is 6.46. The zero-order valence-electron chi connectivity index (χ0n) is 20.5. The van der Waals surface area contributed by atoms with Crippen LogP contribution in [0.1, 0.15) is 29.2 Å². The van der Waals surface area contributed by atoms with Gasteiger partial charge in [-0.1, -0.05) is 35.9 Å². The fourth-order valence-corrected chi connectivity index (χ4v) is 4.64. The molecule has 1 N–H and O–H groups in total. The Morgan fingerprint density at radius 1 is 1.00 bits per heavy atom. The number of benzene rings is 2. The number of hydrogen-bond acceptors (Lipinski definition) is 7. The highest BCUT2D eigenvalue weighted by Gasteiger charge is 2.46. The Labute approximate surface area is 205 Å². The van der Waals surface area contributed by atoms with Gasteiger partial charge < -0.3 is 24.2 Å². The third-order valence-electron chi connectivity index (χ3n) is 6.57. The predicted octanol–water partition coefficient (Wildman–Crippen LogP) is 3.16. The number of ether oxygens (including phenoxy) is 3. The van der Waals surface area contributed by atoms with Crippen molar-refractivity contribution in [2.24, 2.45) is 0 Å². The lowest BCUT2D eigenvalue weighted by atomic mass is 9.94. The van der Waals surface area contributed by atoms with Crippen molar-refractivity contribution in [2.45, 2.75) is 19.4 Å². The van der Waals surface area contributed by atoms with E-state index in [2.05, 4.69) is 4.90 Å². The molecular formula is C27H32N2O6. The lowest BCUT2D eigenvalue weighted by Gasteiger charge is -2.29. The molecule has 0 saturated carbocycles. The maximum Gasteiger partial charge on any atom is 0.295 e. The molecule has 0 aromatic heterocycles. The van der Waals surface area contributed by atoms with E-state index in [1.54, 1.807) is 42.3 Å². The SMILES string of the molecule is COc1ccc(C2C(=C(O)c3ccc(C)cc3)C(=O)C(=O)N2CCCN2CCOCC2)cc1OC. The van der Waals surface area contributed by atoms with Crippen molar-refractivity contribution in [3.8, 4) is 11.5 Å². The number of amides is 1. The number of aliphatic hydroxyl groups excluding tert-OH is 1. The Kier molecular flexibility index (Phi) is 7.73. The van der Waals surface area contributed by atoms with E-state index in [9.17, 15) is 14.7 Å². The number of ketones is 1. The minimum atomic E-state index is -0.735. The number of likely N-dealkylation sites (tertiary alicyclic amines) is 1. The van der Waals surface area contributed by atoms with Gasteiger partial charge in [-0.2, -0.15) is 0 Å². The number of methoxy groups -OCH3 is 2. The van der Waals surface area contributed by atoms with E-state index in [0.717, 1.165) is 25.2 Å². The molecular weight excluding hydrogens is 448 g/mol. The van der Waals surface area contributed by atoms with Crippen LogP contribution in [0.2, 0.25) is 0 Å². The molecule has 8 heteroatoms. The minimum absolute atomic E-state index is 0.0810. The Bertz CT molecular complexity index is 1110. The number of carbonyl (C=O) groups is 2. The van der Waals surface area contributed by atoms with Gasteiger partial charge in [0.25, 0.3) is 11.7 Å². The van der Waals surface area contributed by atoms with E-state index in [1.165, 1.54) is 7.11 Å². The monoisotopic (exact) mass is 480 g/mol. The standard InChI is InChI=1S/C27H32N2O6/c1-18-5-7-19(8-6-18)25(30)23-24(20-9-10-21(33-2)22(17-20)34-3)29(27(32)26(23)31)12-4-11-28-13-15-35-16-14-28/h5-10,17,24,30H,4,11-16H2,1-3H3. The second-order valence-electron chi connectivity index (χ2n) is 8.78. The summed E-state index contributed by atoms with van der Waals surface area (Å²) in [6.07, 6.45) is 0.696. The number of morpholine rings is 1. The van der Waals surface area contributed by atoms with Gasteiger partial charge in [0.05, 0.1) is 39.0 Å². The van der Waals surface area contributed by atoms with Crippen LogP contribution in [0.15, 0.2) is 48.0 Å². The van der Waals surface area contributed by atoms with Crippen molar-refractivity contribution in [2.75, 3.05) is 53.6 Å². The first kappa shape index (κ1) is 24.8. The van der Waals surface area contributed by atoms with Gasteiger partial charge in [0.15, 0.2) is 11.5 Å². The highest BCUT2D eigenvalue weighted by atomic mass is 16.5. The molecule has 2 saturated heterocycles. The number of aliphatic hydroxyl groups is 1. The van der Waals surface area contributed by atoms with Crippen LogP contribution in [0.4, 0.5) is 0 Å². The number of rotatable bonds is 8. The fraction of sp³-hybridized carbons (Fsp3) is 0.407. The van der Waals surface area contributed by atoms with E-state index in [0.29, 0.717) is 48.8 Å². The van der Waals surface area contributed by atoms with Gasteiger partial charge in [0, 0.05) is 31.7 Å². The van der Waals surface area contributed by atoms with Crippen molar-refractivity contribution in [3.63, 3.8) is 0 Å². The first-order valence-corrected chi connectivity index (χ1v) is 11.8. The van der Waals surface area contributed by atoms with Gasteiger partial charge in [-0.25, -0.2) is 0 Å². The number of aryl methyl sites for hydroxylation is 1.